The third kappa shape index (κ3) is 4.19. The van der Waals surface area contributed by atoms with Gasteiger partial charge in [0.15, 0.2) is 0 Å². The molecule has 0 aliphatic heterocycles. The molecule has 0 aliphatic rings. The van der Waals surface area contributed by atoms with Crippen LogP contribution in [0.1, 0.15) is 41.4 Å². The molecule has 0 radical (unpaired) electrons. The Morgan fingerprint density at radius 3 is 0.938 bits per heavy atom. The number of carboxylic acid groups (broad SMARTS) is 4. The van der Waals surface area contributed by atoms with Gasteiger partial charge in [0, 0.05) is 22.5 Å². The zero-order chi connectivity index (χ0) is 23.7. The summed E-state index contributed by atoms with van der Waals surface area (Å²) in [6.07, 6.45) is 0. The van der Waals surface area contributed by atoms with E-state index in [0.717, 1.165) is 12.1 Å². The summed E-state index contributed by atoms with van der Waals surface area (Å²) in [7, 11) is 0. The standard InChI is InChI=1S/C22H16N2O8/c23-17-8-16(10-3-13(21(29)30)6-14(4-10)22(31)32)18(24)7-15(17)9-1-11(19(25)26)5-12(2-9)20(27)28/h1-8H,23-24H2,(H,25,26)(H,27,28)(H,29,30)(H,31,32). The van der Waals surface area contributed by atoms with Crippen molar-refractivity contribution >= 4 is 35.3 Å². The molecule has 0 bridgehead atoms. The molecule has 10 nitrogen and oxygen atoms in total. The van der Waals surface area contributed by atoms with E-state index in [9.17, 15) is 39.6 Å². The number of anilines is 2. The fourth-order valence-electron chi connectivity index (χ4n) is 3.19. The highest BCUT2D eigenvalue weighted by molar-refractivity contribution is 6.00. The molecule has 0 saturated heterocycles. The first-order valence-corrected chi connectivity index (χ1v) is 8.91. The van der Waals surface area contributed by atoms with E-state index in [-0.39, 0.29) is 55.9 Å². The van der Waals surface area contributed by atoms with Crippen LogP contribution in [0.15, 0.2) is 48.5 Å². The van der Waals surface area contributed by atoms with Crippen LogP contribution >= 0.6 is 0 Å². The number of nitrogen functional groups attached to an aromatic ring is 2. The minimum atomic E-state index is -1.33. The Hall–Kier alpha value is -4.86. The van der Waals surface area contributed by atoms with Crippen molar-refractivity contribution in [3.05, 3.63) is 70.8 Å². The van der Waals surface area contributed by atoms with Crippen LogP contribution < -0.4 is 11.5 Å². The van der Waals surface area contributed by atoms with Crippen LogP contribution in [-0.4, -0.2) is 44.3 Å². The first-order chi connectivity index (χ1) is 15.0. The van der Waals surface area contributed by atoms with Gasteiger partial charge in [-0.15, -0.1) is 0 Å². The van der Waals surface area contributed by atoms with Crippen LogP contribution in [0, 0.1) is 0 Å². The second-order valence-electron chi connectivity index (χ2n) is 6.85. The molecule has 162 valence electrons. The third-order valence-electron chi connectivity index (χ3n) is 4.70. The Morgan fingerprint density at radius 2 is 0.719 bits per heavy atom. The summed E-state index contributed by atoms with van der Waals surface area (Å²) in [4.78, 5) is 45.5. The molecule has 10 heteroatoms. The lowest BCUT2D eigenvalue weighted by molar-refractivity contribution is 0.0676. The normalized spacial score (nSPS) is 10.5. The molecule has 0 fully saturated rings. The monoisotopic (exact) mass is 436 g/mol. The maximum Gasteiger partial charge on any atom is 0.335 e. The van der Waals surface area contributed by atoms with E-state index in [2.05, 4.69) is 0 Å². The Bertz CT molecular complexity index is 1150. The maximum absolute atomic E-state index is 11.4. The Labute approximate surface area is 180 Å². The van der Waals surface area contributed by atoms with E-state index in [1.807, 2.05) is 0 Å². The Kier molecular flexibility index (Phi) is 5.53. The van der Waals surface area contributed by atoms with Gasteiger partial charge >= 0.3 is 23.9 Å². The fraction of sp³-hybridized carbons (Fsp3) is 0. The molecule has 0 atom stereocenters. The summed E-state index contributed by atoms with van der Waals surface area (Å²) in [5, 5.41) is 37.1. The van der Waals surface area contributed by atoms with Crippen molar-refractivity contribution in [2.75, 3.05) is 11.5 Å². The van der Waals surface area contributed by atoms with Gasteiger partial charge in [-0.3, -0.25) is 0 Å². The number of nitrogens with two attached hydrogens (primary N) is 2. The summed E-state index contributed by atoms with van der Waals surface area (Å²) < 4.78 is 0. The van der Waals surface area contributed by atoms with Crippen LogP contribution in [0.3, 0.4) is 0 Å². The van der Waals surface area contributed by atoms with E-state index >= 15 is 0 Å². The van der Waals surface area contributed by atoms with Crippen molar-refractivity contribution in [3.63, 3.8) is 0 Å². The van der Waals surface area contributed by atoms with Gasteiger partial charge in [0.25, 0.3) is 0 Å². The Morgan fingerprint density at radius 1 is 0.469 bits per heavy atom. The smallest absolute Gasteiger partial charge is 0.335 e. The molecule has 3 aromatic rings. The minimum Gasteiger partial charge on any atom is -0.478 e. The summed E-state index contributed by atoms with van der Waals surface area (Å²) >= 11 is 0. The molecule has 0 aliphatic carbocycles. The second-order valence-corrected chi connectivity index (χ2v) is 6.85. The highest BCUT2D eigenvalue weighted by Crippen LogP contribution is 2.37. The molecule has 0 amide bonds. The number of hydrogen-bond acceptors (Lipinski definition) is 6. The molecule has 3 aromatic carbocycles. The zero-order valence-electron chi connectivity index (χ0n) is 16.2. The van der Waals surface area contributed by atoms with Crippen LogP contribution in [0.5, 0.6) is 0 Å². The van der Waals surface area contributed by atoms with E-state index in [1.54, 1.807) is 0 Å². The van der Waals surface area contributed by atoms with Crippen LogP contribution in [-0.2, 0) is 0 Å². The summed E-state index contributed by atoms with van der Waals surface area (Å²) in [6, 6.07) is 9.75. The van der Waals surface area contributed by atoms with E-state index in [0.29, 0.717) is 0 Å². The van der Waals surface area contributed by atoms with Crippen molar-refractivity contribution in [1.82, 2.24) is 0 Å². The van der Waals surface area contributed by atoms with E-state index < -0.39 is 23.9 Å². The molecule has 0 unspecified atom stereocenters. The topological polar surface area (TPSA) is 201 Å². The SMILES string of the molecule is Nc1cc(-c2cc(C(=O)O)cc(C(=O)O)c2)c(N)cc1-c1cc(C(=O)O)cc(C(=O)O)c1. The average Bonchev–Trinajstić information content (AvgIpc) is 2.74. The quantitative estimate of drug-likeness (QED) is 0.312. The predicted molar refractivity (Wildman–Crippen MR) is 114 cm³/mol. The lowest BCUT2D eigenvalue weighted by atomic mass is 9.93. The molecule has 0 aromatic heterocycles. The van der Waals surface area contributed by atoms with Gasteiger partial charge < -0.3 is 31.9 Å². The number of aromatic carboxylic acids is 4. The van der Waals surface area contributed by atoms with Crippen molar-refractivity contribution < 1.29 is 39.6 Å². The first-order valence-electron chi connectivity index (χ1n) is 8.91. The number of rotatable bonds is 6. The zero-order valence-corrected chi connectivity index (χ0v) is 16.2. The van der Waals surface area contributed by atoms with Crippen LogP contribution in [0.2, 0.25) is 0 Å². The number of benzene rings is 3. The van der Waals surface area contributed by atoms with Crippen molar-refractivity contribution in [1.29, 1.82) is 0 Å². The second kappa shape index (κ2) is 8.11. The molecule has 3 rings (SSSR count). The summed E-state index contributed by atoms with van der Waals surface area (Å²) in [5.74, 6) is -5.32. The lowest BCUT2D eigenvalue weighted by Crippen LogP contribution is -2.05. The maximum atomic E-state index is 11.4. The number of carboxylic acids is 4. The molecule has 0 saturated carbocycles. The van der Waals surface area contributed by atoms with Gasteiger partial charge in [-0.1, -0.05) is 0 Å². The molecule has 0 heterocycles. The highest BCUT2D eigenvalue weighted by atomic mass is 16.4. The van der Waals surface area contributed by atoms with Gasteiger partial charge in [-0.2, -0.15) is 0 Å². The van der Waals surface area contributed by atoms with Crippen molar-refractivity contribution in [3.8, 4) is 22.3 Å². The van der Waals surface area contributed by atoms with Gasteiger partial charge in [-0.25, -0.2) is 19.2 Å². The van der Waals surface area contributed by atoms with Gasteiger partial charge in [0.05, 0.1) is 22.3 Å². The number of hydrogen-bond donors (Lipinski definition) is 6. The lowest BCUT2D eigenvalue weighted by Gasteiger charge is -2.14. The highest BCUT2D eigenvalue weighted by Gasteiger charge is 2.18. The van der Waals surface area contributed by atoms with Crippen LogP contribution in [0.25, 0.3) is 22.3 Å². The number of carbonyl (C=O) groups is 4. The van der Waals surface area contributed by atoms with Gasteiger partial charge in [0.2, 0.25) is 0 Å². The summed E-state index contributed by atoms with van der Waals surface area (Å²) in [6.45, 7) is 0. The first kappa shape index (κ1) is 21.8. The van der Waals surface area contributed by atoms with Gasteiger partial charge in [0.1, 0.15) is 0 Å². The predicted octanol–water partition coefficient (Wildman–Crippen LogP) is 2.98. The molecule has 32 heavy (non-hydrogen) atoms. The minimum absolute atomic E-state index is 0.0886. The molecule has 0 spiro atoms. The van der Waals surface area contributed by atoms with E-state index in [4.69, 9.17) is 11.5 Å². The molecular formula is C22H16N2O8. The third-order valence-corrected chi connectivity index (χ3v) is 4.70. The van der Waals surface area contributed by atoms with E-state index in [1.165, 1.54) is 36.4 Å². The average molecular weight is 436 g/mol. The summed E-state index contributed by atoms with van der Waals surface area (Å²) in [5.41, 5.74) is 12.3. The fourth-order valence-corrected chi connectivity index (χ4v) is 3.19. The largest absolute Gasteiger partial charge is 0.478 e. The van der Waals surface area contributed by atoms with Crippen LogP contribution in [0.4, 0.5) is 11.4 Å². The molecule has 8 N–H and O–H groups in total. The van der Waals surface area contributed by atoms with Crippen molar-refractivity contribution in [2.24, 2.45) is 0 Å². The molecular weight excluding hydrogens is 420 g/mol. The Balaban J connectivity index is 2.21. The van der Waals surface area contributed by atoms with Gasteiger partial charge in [-0.05, 0) is 59.7 Å². The van der Waals surface area contributed by atoms with Crippen molar-refractivity contribution in [2.45, 2.75) is 0 Å².